The van der Waals surface area contributed by atoms with Crippen LogP contribution in [-0.4, -0.2) is 5.91 Å². The number of amides is 1. The summed E-state index contributed by atoms with van der Waals surface area (Å²) in [5.41, 5.74) is 0.705. The van der Waals surface area contributed by atoms with Gasteiger partial charge in [-0.1, -0.05) is 45.7 Å². The Labute approximate surface area is 147 Å². The molecule has 2 nitrogen and oxygen atoms in total. The monoisotopic (exact) mass is 443 g/mol. The third-order valence-corrected chi connectivity index (χ3v) is 5.74. The largest absolute Gasteiger partial charge is 0.320 e. The number of carbonyl (C=O) groups excluding carboxylic acids is 1. The standard InChI is InChI=1S/C15H8Br2ClNOS/c16-8-5-6-11(10(17)7-8)19-15(20)14-13(18)9-3-1-2-4-12(9)21-14/h1-7H,(H,19,20). The topological polar surface area (TPSA) is 29.1 Å². The summed E-state index contributed by atoms with van der Waals surface area (Å²) >= 11 is 14.5. The van der Waals surface area contributed by atoms with Gasteiger partial charge in [0.1, 0.15) is 4.88 Å². The van der Waals surface area contributed by atoms with Gasteiger partial charge in [-0.2, -0.15) is 0 Å². The Morgan fingerprint density at radius 3 is 2.62 bits per heavy atom. The molecule has 0 radical (unpaired) electrons. The highest BCUT2D eigenvalue weighted by Gasteiger charge is 2.17. The van der Waals surface area contributed by atoms with Crippen molar-refractivity contribution in [2.24, 2.45) is 0 Å². The van der Waals surface area contributed by atoms with E-state index in [0.717, 1.165) is 19.0 Å². The smallest absolute Gasteiger partial charge is 0.267 e. The van der Waals surface area contributed by atoms with Gasteiger partial charge in [0.2, 0.25) is 0 Å². The number of fused-ring (bicyclic) bond motifs is 1. The van der Waals surface area contributed by atoms with E-state index in [1.165, 1.54) is 11.3 Å². The van der Waals surface area contributed by atoms with Gasteiger partial charge in [0.05, 0.1) is 10.7 Å². The highest BCUT2D eigenvalue weighted by atomic mass is 79.9. The van der Waals surface area contributed by atoms with E-state index >= 15 is 0 Å². The van der Waals surface area contributed by atoms with Gasteiger partial charge in [-0.15, -0.1) is 11.3 Å². The highest BCUT2D eigenvalue weighted by molar-refractivity contribution is 9.11. The molecular weight excluding hydrogens is 437 g/mol. The molecule has 0 atom stereocenters. The van der Waals surface area contributed by atoms with Crippen molar-refractivity contribution >= 4 is 76.5 Å². The molecule has 3 rings (SSSR count). The first-order chi connectivity index (χ1) is 10.1. The summed E-state index contributed by atoms with van der Waals surface area (Å²) in [6.07, 6.45) is 0. The zero-order valence-electron chi connectivity index (χ0n) is 10.5. The molecule has 6 heteroatoms. The maximum atomic E-state index is 12.4. The summed E-state index contributed by atoms with van der Waals surface area (Å²) in [5, 5.41) is 4.28. The molecule has 0 unspecified atom stereocenters. The van der Waals surface area contributed by atoms with Gasteiger partial charge in [0.25, 0.3) is 5.91 Å². The predicted molar refractivity (Wildman–Crippen MR) is 96.6 cm³/mol. The molecule has 0 saturated carbocycles. The molecule has 1 aromatic heterocycles. The minimum Gasteiger partial charge on any atom is -0.320 e. The Morgan fingerprint density at radius 2 is 1.90 bits per heavy atom. The van der Waals surface area contributed by atoms with E-state index < -0.39 is 0 Å². The molecular formula is C15H8Br2ClNOS. The fourth-order valence-electron chi connectivity index (χ4n) is 1.93. The van der Waals surface area contributed by atoms with Crippen molar-refractivity contribution < 1.29 is 4.79 Å². The van der Waals surface area contributed by atoms with Crippen molar-refractivity contribution in [1.82, 2.24) is 0 Å². The first kappa shape index (κ1) is 15.0. The molecule has 21 heavy (non-hydrogen) atoms. The third kappa shape index (κ3) is 3.01. The fourth-order valence-corrected chi connectivity index (χ4v) is 4.49. The number of hydrogen-bond acceptors (Lipinski definition) is 2. The Kier molecular flexibility index (Phi) is 4.36. The number of hydrogen-bond donors (Lipinski definition) is 1. The molecule has 0 aliphatic rings. The predicted octanol–water partition coefficient (Wildman–Crippen LogP) is 6.33. The van der Waals surface area contributed by atoms with Gasteiger partial charge in [0, 0.05) is 19.0 Å². The molecule has 3 aromatic rings. The zero-order chi connectivity index (χ0) is 15.0. The molecule has 2 aromatic carbocycles. The minimum absolute atomic E-state index is 0.204. The van der Waals surface area contributed by atoms with Crippen LogP contribution in [0.25, 0.3) is 10.1 Å². The first-order valence-electron chi connectivity index (χ1n) is 5.99. The number of thiophene rings is 1. The van der Waals surface area contributed by atoms with Gasteiger partial charge in [0.15, 0.2) is 0 Å². The lowest BCUT2D eigenvalue weighted by Crippen LogP contribution is -2.11. The molecule has 0 saturated heterocycles. The Morgan fingerprint density at radius 1 is 1.14 bits per heavy atom. The summed E-state index contributed by atoms with van der Waals surface area (Å²) in [7, 11) is 0. The number of benzene rings is 2. The summed E-state index contributed by atoms with van der Waals surface area (Å²) in [6.45, 7) is 0. The van der Waals surface area contributed by atoms with Crippen molar-refractivity contribution in [3.8, 4) is 0 Å². The van der Waals surface area contributed by atoms with Crippen LogP contribution in [0.5, 0.6) is 0 Å². The van der Waals surface area contributed by atoms with Crippen molar-refractivity contribution in [2.75, 3.05) is 5.32 Å². The fraction of sp³-hybridized carbons (Fsp3) is 0. The third-order valence-electron chi connectivity index (χ3n) is 2.92. The molecule has 0 aliphatic heterocycles. The van der Waals surface area contributed by atoms with Crippen LogP contribution in [0.2, 0.25) is 5.02 Å². The summed E-state index contributed by atoms with van der Waals surface area (Å²) in [4.78, 5) is 12.9. The van der Waals surface area contributed by atoms with Crippen LogP contribution in [0.1, 0.15) is 9.67 Å². The van der Waals surface area contributed by atoms with Crippen LogP contribution in [0.3, 0.4) is 0 Å². The van der Waals surface area contributed by atoms with Gasteiger partial charge in [-0.25, -0.2) is 0 Å². The number of rotatable bonds is 2. The van der Waals surface area contributed by atoms with Crippen LogP contribution in [0.4, 0.5) is 5.69 Å². The normalized spacial score (nSPS) is 10.8. The maximum Gasteiger partial charge on any atom is 0.267 e. The molecule has 0 fully saturated rings. The lowest BCUT2D eigenvalue weighted by atomic mass is 10.2. The van der Waals surface area contributed by atoms with E-state index in [4.69, 9.17) is 11.6 Å². The zero-order valence-corrected chi connectivity index (χ0v) is 15.2. The molecule has 1 N–H and O–H groups in total. The van der Waals surface area contributed by atoms with E-state index in [2.05, 4.69) is 37.2 Å². The Bertz CT molecular complexity index is 847. The van der Waals surface area contributed by atoms with Crippen molar-refractivity contribution in [2.45, 2.75) is 0 Å². The average Bonchev–Trinajstić information content (AvgIpc) is 2.80. The van der Waals surface area contributed by atoms with Crippen LogP contribution in [0.15, 0.2) is 51.4 Å². The molecule has 1 heterocycles. The maximum absolute atomic E-state index is 12.4. The van der Waals surface area contributed by atoms with Gasteiger partial charge >= 0.3 is 0 Å². The van der Waals surface area contributed by atoms with Gasteiger partial charge in [-0.3, -0.25) is 4.79 Å². The molecule has 1 amide bonds. The SMILES string of the molecule is O=C(Nc1ccc(Br)cc1Br)c1sc2ccccc2c1Cl. The van der Waals surface area contributed by atoms with Gasteiger partial charge in [-0.05, 0) is 40.2 Å². The van der Waals surface area contributed by atoms with E-state index in [0.29, 0.717) is 15.6 Å². The summed E-state index contributed by atoms with van der Waals surface area (Å²) in [6, 6.07) is 13.3. The van der Waals surface area contributed by atoms with Crippen LogP contribution in [0, 0.1) is 0 Å². The summed E-state index contributed by atoms with van der Waals surface area (Å²) in [5.74, 6) is -0.204. The van der Waals surface area contributed by atoms with Crippen molar-refractivity contribution in [3.63, 3.8) is 0 Å². The second-order valence-electron chi connectivity index (χ2n) is 4.32. The minimum atomic E-state index is -0.204. The van der Waals surface area contributed by atoms with Crippen molar-refractivity contribution in [1.29, 1.82) is 0 Å². The second kappa shape index (κ2) is 6.08. The van der Waals surface area contributed by atoms with Crippen LogP contribution >= 0.6 is 54.8 Å². The average molecular weight is 446 g/mol. The van der Waals surface area contributed by atoms with E-state index in [1.54, 1.807) is 0 Å². The van der Waals surface area contributed by atoms with Crippen molar-refractivity contribution in [3.05, 3.63) is 61.3 Å². The lowest BCUT2D eigenvalue weighted by molar-refractivity contribution is 0.103. The van der Waals surface area contributed by atoms with Crippen LogP contribution < -0.4 is 5.32 Å². The van der Waals surface area contributed by atoms with Crippen LogP contribution in [-0.2, 0) is 0 Å². The Hall–Kier alpha value is -0.880. The lowest BCUT2D eigenvalue weighted by Gasteiger charge is -2.06. The highest BCUT2D eigenvalue weighted by Crippen LogP contribution is 2.36. The number of nitrogens with one attached hydrogen (secondary N) is 1. The summed E-state index contributed by atoms with van der Waals surface area (Å²) < 4.78 is 2.75. The molecule has 0 spiro atoms. The van der Waals surface area contributed by atoms with Gasteiger partial charge < -0.3 is 5.32 Å². The quantitative estimate of drug-likeness (QED) is 0.491. The Balaban J connectivity index is 1.95. The first-order valence-corrected chi connectivity index (χ1v) is 8.78. The van der Waals surface area contributed by atoms with E-state index in [-0.39, 0.29) is 5.91 Å². The number of carbonyl (C=O) groups is 1. The van der Waals surface area contributed by atoms with E-state index in [9.17, 15) is 4.79 Å². The number of halogens is 3. The number of anilines is 1. The van der Waals surface area contributed by atoms with E-state index in [1.807, 2.05) is 42.5 Å². The molecule has 0 aliphatic carbocycles. The molecule has 106 valence electrons. The molecule has 0 bridgehead atoms. The second-order valence-corrected chi connectivity index (χ2v) is 7.52.